The van der Waals surface area contributed by atoms with Crippen LogP contribution in [0.5, 0.6) is 0 Å². The van der Waals surface area contributed by atoms with Gasteiger partial charge in [-0.15, -0.1) is 0 Å². The van der Waals surface area contributed by atoms with Crippen molar-refractivity contribution < 1.29 is 15.0 Å². The van der Waals surface area contributed by atoms with E-state index in [1.54, 1.807) is 0 Å². The molecule has 3 heteroatoms. The standard InChI is InChI=1S/C16H28O3/c1-11-8-9-14(10-12(11)2)16(19,15(17)18)13-6-4-3-5-7-13/h11-14,19H,3-10H2,1-2H3,(H,17,18)/t11-,12+,14+,16+/m1/s1. The molecule has 2 fully saturated rings. The molecular formula is C16H28O3. The number of rotatable bonds is 3. The van der Waals surface area contributed by atoms with Gasteiger partial charge in [-0.3, -0.25) is 0 Å². The third kappa shape index (κ3) is 2.81. The van der Waals surface area contributed by atoms with E-state index in [2.05, 4.69) is 13.8 Å². The first kappa shape index (κ1) is 14.8. The molecule has 4 atom stereocenters. The minimum absolute atomic E-state index is 0.0376. The van der Waals surface area contributed by atoms with Crippen molar-refractivity contribution in [1.29, 1.82) is 0 Å². The van der Waals surface area contributed by atoms with Crippen molar-refractivity contribution in [3.05, 3.63) is 0 Å². The molecular weight excluding hydrogens is 240 g/mol. The quantitative estimate of drug-likeness (QED) is 0.824. The van der Waals surface area contributed by atoms with Crippen molar-refractivity contribution in [2.45, 2.75) is 70.8 Å². The van der Waals surface area contributed by atoms with E-state index in [0.29, 0.717) is 11.8 Å². The smallest absolute Gasteiger partial charge is 0.336 e. The molecule has 2 aliphatic rings. The Bertz CT molecular complexity index is 322. The Balaban J connectivity index is 2.16. The molecule has 2 rings (SSSR count). The summed E-state index contributed by atoms with van der Waals surface area (Å²) in [6.07, 6.45) is 7.86. The Hall–Kier alpha value is -0.570. The van der Waals surface area contributed by atoms with Crippen LogP contribution < -0.4 is 0 Å². The van der Waals surface area contributed by atoms with Crippen LogP contribution in [0, 0.1) is 23.7 Å². The Morgan fingerprint density at radius 1 is 0.947 bits per heavy atom. The molecule has 0 aliphatic heterocycles. The largest absolute Gasteiger partial charge is 0.479 e. The fourth-order valence-electron chi connectivity index (χ4n) is 4.17. The van der Waals surface area contributed by atoms with E-state index in [4.69, 9.17) is 0 Å². The lowest BCUT2D eigenvalue weighted by molar-refractivity contribution is -0.179. The van der Waals surface area contributed by atoms with E-state index in [1.807, 2.05) is 0 Å². The highest BCUT2D eigenvalue weighted by Gasteiger charge is 2.51. The summed E-state index contributed by atoms with van der Waals surface area (Å²) in [4.78, 5) is 11.8. The Labute approximate surface area is 116 Å². The summed E-state index contributed by atoms with van der Waals surface area (Å²) in [6.45, 7) is 4.43. The summed E-state index contributed by atoms with van der Waals surface area (Å²) < 4.78 is 0. The maximum atomic E-state index is 11.8. The number of carboxylic acid groups (broad SMARTS) is 1. The van der Waals surface area contributed by atoms with E-state index in [0.717, 1.165) is 44.9 Å². The van der Waals surface area contributed by atoms with Gasteiger partial charge in [0, 0.05) is 0 Å². The summed E-state index contributed by atoms with van der Waals surface area (Å²) in [5.41, 5.74) is -1.48. The topological polar surface area (TPSA) is 57.5 Å². The first-order chi connectivity index (χ1) is 8.96. The average Bonchev–Trinajstić information content (AvgIpc) is 2.41. The predicted octanol–water partition coefficient (Wildman–Crippen LogP) is 3.45. The zero-order valence-electron chi connectivity index (χ0n) is 12.3. The second-order valence-corrected chi connectivity index (χ2v) is 6.93. The van der Waals surface area contributed by atoms with Crippen molar-refractivity contribution in [2.75, 3.05) is 0 Å². The van der Waals surface area contributed by atoms with Crippen LogP contribution in [0.1, 0.15) is 65.2 Å². The first-order valence-electron chi connectivity index (χ1n) is 7.92. The molecule has 2 aliphatic carbocycles. The number of carboxylic acids is 1. The van der Waals surface area contributed by atoms with Crippen molar-refractivity contribution in [3.8, 4) is 0 Å². The lowest BCUT2D eigenvalue weighted by Gasteiger charge is -2.44. The SMILES string of the molecule is C[C@@H]1CC[C@H]([C@](O)(C(=O)O)C2CCCCC2)C[C@@H]1C. The van der Waals surface area contributed by atoms with Crippen LogP contribution in [0.3, 0.4) is 0 Å². The molecule has 0 spiro atoms. The number of hydrogen-bond donors (Lipinski definition) is 2. The van der Waals surface area contributed by atoms with Crippen molar-refractivity contribution in [3.63, 3.8) is 0 Å². The summed E-state index contributed by atoms with van der Waals surface area (Å²) >= 11 is 0. The van der Waals surface area contributed by atoms with Crippen molar-refractivity contribution in [1.82, 2.24) is 0 Å². The van der Waals surface area contributed by atoms with Gasteiger partial charge in [0.15, 0.2) is 5.60 Å². The van der Waals surface area contributed by atoms with Crippen LogP contribution in [0.25, 0.3) is 0 Å². The predicted molar refractivity (Wildman–Crippen MR) is 74.8 cm³/mol. The zero-order valence-corrected chi connectivity index (χ0v) is 12.3. The third-order valence-electron chi connectivity index (χ3n) is 5.79. The second-order valence-electron chi connectivity index (χ2n) is 6.93. The second kappa shape index (κ2) is 5.82. The van der Waals surface area contributed by atoms with Crippen LogP contribution in [-0.4, -0.2) is 21.8 Å². The highest BCUT2D eigenvalue weighted by molar-refractivity contribution is 5.78. The molecule has 0 aromatic heterocycles. The van der Waals surface area contributed by atoms with Gasteiger partial charge in [-0.05, 0) is 49.4 Å². The van der Waals surface area contributed by atoms with Gasteiger partial charge in [0.2, 0.25) is 0 Å². The number of aliphatic hydroxyl groups is 1. The molecule has 2 saturated carbocycles. The fourth-order valence-corrected chi connectivity index (χ4v) is 4.17. The van der Waals surface area contributed by atoms with Crippen molar-refractivity contribution in [2.24, 2.45) is 23.7 Å². The van der Waals surface area contributed by atoms with Gasteiger partial charge in [-0.2, -0.15) is 0 Å². The van der Waals surface area contributed by atoms with E-state index >= 15 is 0 Å². The molecule has 0 aromatic carbocycles. The van der Waals surface area contributed by atoms with Gasteiger partial charge >= 0.3 is 5.97 Å². The highest BCUT2D eigenvalue weighted by atomic mass is 16.4. The van der Waals surface area contributed by atoms with Crippen molar-refractivity contribution >= 4 is 5.97 Å². The summed E-state index contributed by atoms with van der Waals surface area (Å²) in [7, 11) is 0. The number of carbonyl (C=O) groups is 1. The molecule has 0 aromatic rings. The molecule has 2 N–H and O–H groups in total. The minimum atomic E-state index is -1.48. The molecule has 0 radical (unpaired) electrons. The summed E-state index contributed by atoms with van der Waals surface area (Å²) in [5, 5.41) is 20.6. The van der Waals surface area contributed by atoms with Gasteiger partial charge in [0.05, 0.1) is 0 Å². The van der Waals surface area contributed by atoms with E-state index < -0.39 is 11.6 Å². The van der Waals surface area contributed by atoms with Gasteiger partial charge in [0.25, 0.3) is 0 Å². The number of aliphatic carboxylic acids is 1. The molecule has 0 bridgehead atoms. The first-order valence-corrected chi connectivity index (χ1v) is 7.92. The lowest BCUT2D eigenvalue weighted by atomic mass is 9.63. The maximum Gasteiger partial charge on any atom is 0.336 e. The highest BCUT2D eigenvalue weighted by Crippen LogP contribution is 2.45. The summed E-state index contributed by atoms with van der Waals surface area (Å²) in [5.74, 6) is 0.101. The van der Waals surface area contributed by atoms with Crippen LogP contribution in [-0.2, 0) is 4.79 Å². The van der Waals surface area contributed by atoms with Gasteiger partial charge in [-0.1, -0.05) is 39.5 Å². The van der Waals surface area contributed by atoms with E-state index in [1.165, 1.54) is 6.42 Å². The third-order valence-corrected chi connectivity index (χ3v) is 5.79. The molecule has 0 heterocycles. The Morgan fingerprint density at radius 3 is 2.11 bits per heavy atom. The fraction of sp³-hybridized carbons (Fsp3) is 0.938. The lowest BCUT2D eigenvalue weighted by Crippen LogP contribution is -2.54. The van der Waals surface area contributed by atoms with Crippen LogP contribution >= 0.6 is 0 Å². The molecule has 110 valence electrons. The summed E-state index contributed by atoms with van der Waals surface area (Å²) in [6, 6.07) is 0. The monoisotopic (exact) mass is 268 g/mol. The van der Waals surface area contributed by atoms with Crippen LogP contribution in [0.2, 0.25) is 0 Å². The van der Waals surface area contributed by atoms with E-state index in [9.17, 15) is 15.0 Å². The molecule has 0 saturated heterocycles. The Kier molecular flexibility index (Phi) is 4.54. The maximum absolute atomic E-state index is 11.8. The molecule has 0 unspecified atom stereocenters. The van der Waals surface area contributed by atoms with Crippen LogP contribution in [0.4, 0.5) is 0 Å². The normalized spacial score (nSPS) is 36.7. The van der Waals surface area contributed by atoms with Gasteiger partial charge < -0.3 is 10.2 Å². The molecule has 3 nitrogen and oxygen atoms in total. The Morgan fingerprint density at radius 2 is 1.58 bits per heavy atom. The van der Waals surface area contributed by atoms with Gasteiger partial charge in [0.1, 0.15) is 0 Å². The number of hydrogen-bond acceptors (Lipinski definition) is 2. The van der Waals surface area contributed by atoms with E-state index in [-0.39, 0.29) is 11.8 Å². The van der Waals surface area contributed by atoms with Crippen LogP contribution in [0.15, 0.2) is 0 Å². The minimum Gasteiger partial charge on any atom is -0.479 e. The molecule has 19 heavy (non-hydrogen) atoms. The van der Waals surface area contributed by atoms with Gasteiger partial charge in [-0.25, -0.2) is 4.79 Å². The zero-order chi connectivity index (χ0) is 14.0. The average molecular weight is 268 g/mol. The molecule has 0 amide bonds.